The lowest BCUT2D eigenvalue weighted by molar-refractivity contribution is -0.130. The summed E-state index contributed by atoms with van der Waals surface area (Å²) in [7, 11) is 0. The van der Waals surface area contributed by atoms with Crippen molar-refractivity contribution in [2.75, 3.05) is 0 Å². The minimum atomic E-state index is -0.600. The first-order chi connectivity index (χ1) is 15.5. The van der Waals surface area contributed by atoms with Crippen LogP contribution >= 0.6 is 0 Å². The first kappa shape index (κ1) is 24.4. The minimum absolute atomic E-state index is 0.0114. The minimum Gasteiger partial charge on any atom is -0.369 e. The maximum Gasteiger partial charge on any atom is 0.251 e. The summed E-state index contributed by atoms with van der Waals surface area (Å²) >= 11 is 0. The Bertz CT molecular complexity index is 1070. The second kappa shape index (κ2) is 9.68. The van der Waals surface area contributed by atoms with Crippen LogP contribution in [0.4, 0.5) is 8.78 Å². The highest BCUT2D eigenvalue weighted by atomic mass is 19.1. The number of nitrogens with zero attached hydrogens (tertiary/aromatic N) is 2. The Morgan fingerprint density at radius 3 is 2.42 bits per heavy atom. The summed E-state index contributed by atoms with van der Waals surface area (Å²) in [6.07, 6.45) is 0.938. The number of guanidine groups is 1. The van der Waals surface area contributed by atoms with E-state index in [2.05, 4.69) is 24.2 Å². The molecule has 2 aromatic rings. The molecule has 3 N–H and O–H groups in total. The maximum absolute atomic E-state index is 14.3. The molecule has 6 nitrogen and oxygen atoms in total. The fraction of sp³-hybridized carbons (Fsp3) is 0.400. The normalized spacial score (nSPS) is 19.4. The molecule has 1 aliphatic heterocycles. The topological polar surface area (TPSA) is 87.8 Å². The first-order valence-corrected chi connectivity index (χ1v) is 11.0. The van der Waals surface area contributed by atoms with Crippen LogP contribution in [-0.4, -0.2) is 28.2 Å². The number of nitrogens with two attached hydrogens (primary N) is 1. The molecule has 33 heavy (non-hydrogen) atoms. The average Bonchev–Trinajstić information content (AvgIpc) is 2.70. The van der Waals surface area contributed by atoms with Gasteiger partial charge in [0.2, 0.25) is 5.91 Å². The van der Waals surface area contributed by atoms with Crippen molar-refractivity contribution in [1.29, 1.82) is 0 Å². The molecule has 0 aliphatic carbocycles. The molecule has 0 spiro atoms. The summed E-state index contributed by atoms with van der Waals surface area (Å²) in [4.78, 5) is 31.4. The summed E-state index contributed by atoms with van der Waals surface area (Å²) in [5.74, 6) is -1.19. The molecule has 0 fully saturated rings. The zero-order chi connectivity index (χ0) is 24.3. The number of benzene rings is 2. The number of hydrogen-bond donors (Lipinski definition) is 2. The van der Waals surface area contributed by atoms with Crippen LogP contribution in [0.1, 0.15) is 68.1 Å². The van der Waals surface area contributed by atoms with Gasteiger partial charge in [0.25, 0.3) is 5.91 Å². The molecule has 0 bridgehead atoms. The van der Waals surface area contributed by atoms with Crippen LogP contribution in [0.15, 0.2) is 47.5 Å². The van der Waals surface area contributed by atoms with Gasteiger partial charge in [-0.1, -0.05) is 26.0 Å². The molecule has 2 amide bonds. The van der Waals surface area contributed by atoms with E-state index in [1.807, 2.05) is 6.92 Å². The SMILES string of the molecule is CC(C)CC1(C)CC(=O)N(Cc2cc(F)cc(C(=O)NC(C)c3ccc(F)cc3)c2)C(N)=N1. The van der Waals surface area contributed by atoms with Gasteiger partial charge < -0.3 is 11.1 Å². The van der Waals surface area contributed by atoms with Crippen LogP contribution in [0.25, 0.3) is 0 Å². The molecule has 8 heteroatoms. The fourth-order valence-corrected chi connectivity index (χ4v) is 4.26. The average molecular weight is 457 g/mol. The quantitative estimate of drug-likeness (QED) is 0.651. The van der Waals surface area contributed by atoms with Gasteiger partial charge in [0.15, 0.2) is 5.96 Å². The summed E-state index contributed by atoms with van der Waals surface area (Å²) in [6.45, 7) is 7.79. The Balaban J connectivity index is 1.76. The van der Waals surface area contributed by atoms with Crippen molar-refractivity contribution in [3.8, 4) is 0 Å². The summed E-state index contributed by atoms with van der Waals surface area (Å²) in [5.41, 5.74) is 6.80. The van der Waals surface area contributed by atoms with E-state index in [9.17, 15) is 18.4 Å². The number of halogens is 2. The largest absolute Gasteiger partial charge is 0.369 e. The van der Waals surface area contributed by atoms with Crippen molar-refractivity contribution in [3.63, 3.8) is 0 Å². The van der Waals surface area contributed by atoms with E-state index in [-0.39, 0.29) is 36.2 Å². The maximum atomic E-state index is 14.3. The number of carbonyl (C=O) groups excluding carboxylic acids is 2. The summed E-state index contributed by atoms with van der Waals surface area (Å²) in [5, 5.41) is 2.78. The summed E-state index contributed by atoms with van der Waals surface area (Å²) in [6, 6.07) is 9.29. The fourth-order valence-electron chi connectivity index (χ4n) is 4.26. The van der Waals surface area contributed by atoms with Crippen LogP contribution in [0.5, 0.6) is 0 Å². The molecule has 0 saturated heterocycles. The highest BCUT2D eigenvalue weighted by molar-refractivity contribution is 5.99. The van der Waals surface area contributed by atoms with Crippen LogP contribution in [0, 0.1) is 17.6 Å². The number of amides is 2. The van der Waals surface area contributed by atoms with Crippen molar-refractivity contribution >= 4 is 17.8 Å². The van der Waals surface area contributed by atoms with Gasteiger partial charge in [-0.15, -0.1) is 0 Å². The molecule has 2 unspecified atom stereocenters. The van der Waals surface area contributed by atoms with Crippen molar-refractivity contribution in [2.24, 2.45) is 16.6 Å². The second-order valence-electron chi connectivity index (χ2n) is 9.32. The van der Waals surface area contributed by atoms with Gasteiger partial charge in [-0.05, 0) is 67.6 Å². The zero-order valence-corrected chi connectivity index (χ0v) is 19.4. The molecule has 2 aromatic carbocycles. The Hall–Kier alpha value is -3.29. The van der Waals surface area contributed by atoms with E-state index in [0.29, 0.717) is 17.0 Å². The van der Waals surface area contributed by atoms with Crippen molar-refractivity contribution in [1.82, 2.24) is 10.2 Å². The number of nitrogens with one attached hydrogen (secondary N) is 1. The number of aliphatic imine (C=N–C) groups is 1. The molecule has 3 rings (SSSR count). The van der Waals surface area contributed by atoms with Gasteiger partial charge >= 0.3 is 0 Å². The Labute approximate surface area is 192 Å². The second-order valence-corrected chi connectivity index (χ2v) is 9.32. The highest BCUT2D eigenvalue weighted by Gasteiger charge is 2.36. The van der Waals surface area contributed by atoms with Crippen LogP contribution in [0.3, 0.4) is 0 Å². The van der Waals surface area contributed by atoms with Gasteiger partial charge in [-0.25, -0.2) is 13.8 Å². The standard InChI is InChI=1S/C25H30F2N4O2/c1-15(2)12-25(4)13-22(32)31(24(28)30-25)14-17-9-19(11-21(27)10-17)23(33)29-16(3)18-5-7-20(26)8-6-18/h5-11,15-16H,12-14H2,1-4H3,(H2,28,30)(H,29,33). The number of rotatable bonds is 7. The van der Waals surface area contributed by atoms with Gasteiger partial charge in [-0.3, -0.25) is 14.5 Å². The highest BCUT2D eigenvalue weighted by Crippen LogP contribution is 2.29. The number of carbonyl (C=O) groups is 2. The lowest BCUT2D eigenvalue weighted by Crippen LogP contribution is -2.50. The third-order valence-electron chi connectivity index (χ3n) is 5.62. The molecule has 2 atom stereocenters. The van der Waals surface area contributed by atoms with Gasteiger partial charge in [0.05, 0.1) is 24.5 Å². The van der Waals surface area contributed by atoms with E-state index in [0.717, 1.165) is 12.5 Å². The van der Waals surface area contributed by atoms with E-state index >= 15 is 0 Å². The van der Waals surface area contributed by atoms with Crippen LogP contribution in [-0.2, 0) is 11.3 Å². The lowest BCUT2D eigenvalue weighted by Gasteiger charge is -2.36. The van der Waals surface area contributed by atoms with E-state index < -0.39 is 23.3 Å². The molecule has 0 aromatic heterocycles. The predicted octanol–water partition coefficient (Wildman–Crippen LogP) is 4.31. The van der Waals surface area contributed by atoms with Crippen molar-refractivity contribution in [3.05, 3.63) is 70.8 Å². The van der Waals surface area contributed by atoms with Crippen LogP contribution in [0.2, 0.25) is 0 Å². The zero-order valence-electron chi connectivity index (χ0n) is 19.4. The first-order valence-electron chi connectivity index (χ1n) is 11.0. The van der Waals surface area contributed by atoms with Crippen molar-refractivity contribution in [2.45, 2.75) is 58.7 Å². The lowest BCUT2D eigenvalue weighted by atomic mass is 9.87. The Morgan fingerprint density at radius 1 is 1.15 bits per heavy atom. The van der Waals surface area contributed by atoms with E-state index in [4.69, 9.17) is 5.73 Å². The monoisotopic (exact) mass is 456 g/mol. The number of hydrogen-bond acceptors (Lipinski definition) is 4. The molecular formula is C25H30F2N4O2. The van der Waals surface area contributed by atoms with E-state index in [1.165, 1.54) is 29.2 Å². The molecule has 0 saturated carbocycles. The predicted molar refractivity (Wildman–Crippen MR) is 123 cm³/mol. The third-order valence-corrected chi connectivity index (χ3v) is 5.62. The summed E-state index contributed by atoms with van der Waals surface area (Å²) < 4.78 is 27.5. The molecule has 0 radical (unpaired) electrons. The third kappa shape index (κ3) is 6.15. The molecule has 1 heterocycles. The van der Waals surface area contributed by atoms with Crippen molar-refractivity contribution < 1.29 is 18.4 Å². The smallest absolute Gasteiger partial charge is 0.251 e. The van der Waals surface area contributed by atoms with E-state index in [1.54, 1.807) is 19.1 Å². The van der Waals surface area contributed by atoms with Gasteiger partial charge in [0.1, 0.15) is 11.6 Å². The Kier molecular flexibility index (Phi) is 7.15. The molecule has 176 valence electrons. The van der Waals surface area contributed by atoms with Gasteiger partial charge in [0, 0.05) is 5.56 Å². The Morgan fingerprint density at radius 2 is 1.82 bits per heavy atom. The van der Waals surface area contributed by atoms with Crippen LogP contribution < -0.4 is 11.1 Å². The van der Waals surface area contributed by atoms with Gasteiger partial charge in [-0.2, -0.15) is 0 Å². The molecular weight excluding hydrogens is 426 g/mol. The molecule has 1 aliphatic rings.